The fourth-order valence-electron chi connectivity index (χ4n) is 10.2. The number of fused-ring (bicyclic) bond motifs is 6. The maximum absolute atomic E-state index is 2.59. The molecule has 0 fully saturated rings. The molecule has 0 aliphatic rings. The van der Waals surface area contributed by atoms with Gasteiger partial charge >= 0.3 is 0 Å². The standard InChI is InChI=1S/C60H48N2S2/c1-35-22-24-37(3)50(30-35)61(48-18-12-16-44-42-14-8-10-20-54(42)63-58(44)48)52-34-53(47-29-27-40-33-41(60(5,6)7)32-39-26-28-46(52)57(47)56(39)40)62(51-31-36(2)23-25-38(51)4)49-19-13-17-45-43-15-9-11-21-55(43)64-59(45)49/h8-34H,1-7H3. The first kappa shape index (κ1) is 38.9. The van der Waals surface area contributed by atoms with E-state index in [1.165, 1.54) is 123 Å². The zero-order valence-electron chi connectivity index (χ0n) is 37.3. The van der Waals surface area contributed by atoms with Crippen molar-refractivity contribution in [3.63, 3.8) is 0 Å². The Hall–Kier alpha value is -6.72. The van der Waals surface area contributed by atoms with E-state index in [1.807, 2.05) is 22.7 Å². The number of hydrogen-bond donors (Lipinski definition) is 0. The van der Waals surface area contributed by atoms with E-state index >= 15 is 0 Å². The number of anilines is 6. The molecule has 12 rings (SSSR count). The second-order valence-corrected chi connectivity index (χ2v) is 20.9. The van der Waals surface area contributed by atoms with Crippen molar-refractivity contribution >= 4 is 129 Å². The van der Waals surface area contributed by atoms with Crippen molar-refractivity contribution in [3.05, 3.63) is 192 Å². The average molecular weight is 861 g/mol. The first-order chi connectivity index (χ1) is 31.0. The van der Waals surface area contributed by atoms with Crippen molar-refractivity contribution in [1.29, 1.82) is 0 Å². The summed E-state index contributed by atoms with van der Waals surface area (Å²) in [6, 6.07) is 62.3. The molecule has 0 unspecified atom stereocenters. The molecule has 0 N–H and O–H groups in total. The Balaban J connectivity index is 1.28. The highest BCUT2D eigenvalue weighted by molar-refractivity contribution is 7.26. The predicted octanol–water partition coefficient (Wildman–Crippen LogP) is 18.8. The van der Waals surface area contributed by atoms with Crippen molar-refractivity contribution in [1.82, 2.24) is 0 Å². The molecule has 0 saturated heterocycles. The van der Waals surface area contributed by atoms with Gasteiger partial charge in [0.2, 0.25) is 0 Å². The maximum atomic E-state index is 2.59. The van der Waals surface area contributed by atoms with Crippen molar-refractivity contribution in [2.75, 3.05) is 9.80 Å². The number of nitrogens with zero attached hydrogens (tertiary/aromatic N) is 2. The molecule has 0 amide bonds. The number of hydrogen-bond acceptors (Lipinski definition) is 4. The Labute approximate surface area is 382 Å². The van der Waals surface area contributed by atoms with Gasteiger partial charge in [0, 0.05) is 58.5 Å². The summed E-state index contributed by atoms with van der Waals surface area (Å²) in [6.07, 6.45) is 0. The minimum Gasteiger partial charge on any atom is -0.308 e. The molecular formula is C60H48N2S2. The van der Waals surface area contributed by atoms with Crippen LogP contribution in [0.2, 0.25) is 0 Å². The summed E-state index contributed by atoms with van der Waals surface area (Å²) in [5.41, 5.74) is 13.3. The summed E-state index contributed by atoms with van der Waals surface area (Å²) in [5, 5.41) is 12.8. The van der Waals surface area contributed by atoms with Crippen LogP contribution >= 0.6 is 22.7 Å². The van der Waals surface area contributed by atoms with E-state index in [0.717, 1.165) is 11.4 Å². The SMILES string of the molecule is Cc1ccc(C)c(N(c2cc(N(c3cc(C)ccc3C)c3cccc4c3sc3ccccc34)c3ccc4cc(C(C)(C)C)cc5ccc2c3c54)c2cccc3c2sc2ccccc23)c1. The Kier molecular flexibility index (Phi) is 8.76. The molecule has 4 heteroatoms. The smallest absolute Gasteiger partial charge is 0.0640 e. The van der Waals surface area contributed by atoms with Crippen LogP contribution in [0.25, 0.3) is 72.7 Å². The molecule has 0 spiro atoms. The van der Waals surface area contributed by atoms with Crippen LogP contribution < -0.4 is 9.80 Å². The summed E-state index contributed by atoms with van der Waals surface area (Å²) in [4.78, 5) is 5.19. The Morgan fingerprint density at radius 3 is 1.28 bits per heavy atom. The van der Waals surface area contributed by atoms with Gasteiger partial charge in [-0.1, -0.05) is 142 Å². The molecule has 64 heavy (non-hydrogen) atoms. The van der Waals surface area contributed by atoms with E-state index in [-0.39, 0.29) is 5.41 Å². The fourth-order valence-corrected chi connectivity index (χ4v) is 12.6. The van der Waals surface area contributed by atoms with Gasteiger partial charge in [0.25, 0.3) is 0 Å². The molecule has 2 aromatic heterocycles. The van der Waals surface area contributed by atoms with Gasteiger partial charge in [-0.3, -0.25) is 0 Å². The summed E-state index contributed by atoms with van der Waals surface area (Å²) < 4.78 is 5.17. The first-order valence-corrected chi connectivity index (χ1v) is 24.0. The van der Waals surface area contributed by atoms with E-state index in [4.69, 9.17) is 0 Å². The third-order valence-electron chi connectivity index (χ3n) is 13.5. The Morgan fingerprint density at radius 1 is 0.359 bits per heavy atom. The lowest BCUT2D eigenvalue weighted by atomic mass is 9.83. The quantitative estimate of drug-likeness (QED) is 0.154. The van der Waals surface area contributed by atoms with Crippen molar-refractivity contribution in [3.8, 4) is 0 Å². The Bertz CT molecular complexity index is 3600. The lowest BCUT2D eigenvalue weighted by molar-refractivity contribution is 0.591. The highest BCUT2D eigenvalue weighted by Crippen LogP contribution is 2.54. The number of benzene rings is 10. The van der Waals surface area contributed by atoms with E-state index in [0.29, 0.717) is 0 Å². The molecule has 310 valence electrons. The third kappa shape index (κ3) is 5.96. The van der Waals surface area contributed by atoms with Crippen molar-refractivity contribution in [2.24, 2.45) is 0 Å². The van der Waals surface area contributed by atoms with E-state index in [9.17, 15) is 0 Å². The summed E-state index contributed by atoms with van der Waals surface area (Å²) in [7, 11) is 0. The zero-order chi connectivity index (χ0) is 43.6. The van der Waals surface area contributed by atoms with Crippen LogP contribution in [0.5, 0.6) is 0 Å². The van der Waals surface area contributed by atoms with Gasteiger partial charge in [0.15, 0.2) is 0 Å². The summed E-state index contributed by atoms with van der Waals surface area (Å²) in [6.45, 7) is 15.9. The topological polar surface area (TPSA) is 6.48 Å². The van der Waals surface area contributed by atoms with Gasteiger partial charge in [-0.15, -0.1) is 22.7 Å². The lowest BCUT2D eigenvalue weighted by Crippen LogP contribution is -2.16. The maximum Gasteiger partial charge on any atom is 0.0640 e. The van der Waals surface area contributed by atoms with Gasteiger partial charge in [-0.05, 0) is 120 Å². The molecule has 2 nitrogen and oxygen atoms in total. The van der Waals surface area contributed by atoms with Crippen LogP contribution in [0.4, 0.5) is 34.1 Å². The van der Waals surface area contributed by atoms with Crippen LogP contribution in [-0.2, 0) is 5.41 Å². The van der Waals surface area contributed by atoms with Gasteiger partial charge < -0.3 is 9.80 Å². The number of aryl methyl sites for hydroxylation is 4. The summed E-state index contributed by atoms with van der Waals surface area (Å²) in [5.74, 6) is 0. The van der Waals surface area contributed by atoms with Crippen LogP contribution in [0, 0.1) is 27.7 Å². The van der Waals surface area contributed by atoms with E-state index in [2.05, 4.69) is 222 Å². The second kappa shape index (κ2) is 14.4. The molecule has 12 aromatic rings. The molecule has 0 radical (unpaired) electrons. The molecule has 0 atom stereocenters. The summed E-state index contributed by atoms with van der Waals surface area (Å²) >= 11 is 3.79. The molecule has 0 aliphatic carbocycles. The molecule has 2 heterocycles. The number of rotatable bonds is 6. The third-order valence-corrected chi connectivity index (χ3v) is 15.9. The molecule has 0 aliphatic heterocycles. The van der Waals surface area contributed by atoms with Crippen LogP contribution in [-0.4, -0.2) is 0 Å². The minimum absolute atomic E-state index is 0.00558. The molecule has 10 aromatic carbocycles. The zero-order valence-corrected chi connectivity index (χ0v) is 38.9. The highest BCUT2D eigenvalue weighted by Gasteiger charge is 2.29. The number of thiophene rings is 2. The van der Waals surface area contributed by atoms with Gasteiger partial charge in [0.1, 0.15) is 0 Å². The van der Waals surface area contributed by atoms with Crippen LogP contribution in [0.15, 0.2) is 164 Å². The second-order valence-electron chi connectivity index (χ2n) is 18.8. The lowest BCUT2D eigenvalue weighted by Gasteiger charge is -2.34. The van der Waals surface area contributed by atoms with Gasteiger partial charge in [-0.2, -0.15) is 0 Å². The normalized spacial score (nSPS) is 12.3. The van der Waals surface area contributed by atoms with Crippen molar-refractivity contribution < 1.29 is 0 Å². The van der Waals surface area contributed by atoms with E-state index < -0.39 is 0 Å². The van der Waals surface area contributed by atoms with Crippen LogP contribution in [0.3, 0.4) is 0 Å². The monoisotopic (exact) mass is 860 g/mol. The van der Waals surface area contributed by atoms with Crippen LogP contribution in [0.1, 0.15) is 48.6 Å². The van der Waals surface area contributed by atoms with Gasteiger partial charge in [-0.25, -0.2) is 0 Å². The molecule has 0 bridgehead atoms. The van der Waals surface area contributed by atoms with E-state index in [1.54, 1.807) is 0 Å². The minimum atomic E-state index is 0.00558. The largest absolute Gasteiger partial charge is 0.308 e. The molecular weight excluding hydrogens is 813 g/mol. The average Bonchev–Trinajstić information content (AvgIpc) is 3.88. The van der Waals surface area contributed by atoms with Gasteiger partial charge in [0.05, 0.1) is 32.1 Å². The molecule has 0 saturated carbocycles. The predicted molar refractivity (Wildman–Crippen MR) is 283 cm³/mol. The van der Waals surface area contributed by atoms with Crippen molar-refractivity contribution in [2.45, 2.75) is 53.9 Å². The first-order valence-electron chi connectivity index (χ1n) is 22.3. The highest BCUT2D eigenvalue weighted by atomic mass is 32.1. The fraction of sp³-hybridized carbons (Fsp3) is 0.133. The Morgan fingerprint density at radius 2 is 0.812 bits per heavy atom.